The van der Waals surface area contributed by atoms with Crippen molar-refractivity contribution in [3.05, 3.63) is 119 Å². The Bertz CT molecular complexity index is 1380. The number of rotatable bonds is 5. The molecule has 0 fully saturated rings. The minimum absolute atomic E-state index is 0.0602. The van der Waals surface area contributed by atoms with Gasteiger partial charge < -0.3 is 0 Å². The van der Waals surface area contributed by atoms with Crippen LogP contribution >= 0.6 is 15.9 Å². The second kappa shape index (κ2) is 13.7. The SMILES string of the molecule is CC(=O)c1ccc(-n2ccnn2)cc1.CC(=O)c1ccc(-n2nccn2)cc1.CC(=O)c1ccc(Br)cc1. The van der Waals surface area contributed by atoms with Gasteiger partial charge in [0.1, 0.15) is 0 Å². The van der Waals surface area contributed by atoms with Crippen LogP contribution in [0.3, 0.4) is 0 Å². The van der Waals surface area contributed by atoms with Gasteiger partial charge in [0.2, 0.25) is 0 Å². The number of benzene rings is 3. The molecule has 0 atom stereocenters. The van der Waals surface area contributed by atoms with E-state index in [-0.39, 0.29) is 17.3 Å². The highest BCUT2D eigenvalue weighted by Crippen LogP contribution is 2.11. The van der Waals surface area contributed by atoms with Crippen molar-refractivity contribution in [2.75, 3.05) is 0 Å². The second-order valence-electron chi connectivity index (χ2n) is 7.94. The third-order valence-corrected chi connectivity index (χ3v) is 5.66. The average molecular weight is 573 g/mol. The molecular formula is C28H25BrN6O3. The number of Topliss-reactive ketones (excluding diaryl/α,β-unsaturated/α-hetero) is 3. The van der Waals surface area contributed by atoms with Crippen LogP contribution in [0.2, 0.25) is 0 Å². The first-order valence-electron chi connectivity index (χ1n) is 11.5. The van der Waals surface area contributed by atoms with E-state index in [1.165, 1.54) is 4.80 Å². The molecule has 2 aromatic heterocycles. The lowest BCUT2D eigenvalue weighted by atomic mass is 10.1. The quantitative estimate of drug-likeness (QED) is 0.252. The van der Waals surface area contributed by atoms with Crippen LogP contribution in [0, 0.1) is 0 Å². The summed E-state index contributed by atoms with van der Waals surface area (Å²) < 4.78 is 2.64. The third-order valence-electron chi connectivity index (χ3n) is 5.14. The molecule has 0 amide bonds. The number of ketones is 3. The van der Waals surface area contributed by atoms with Crippen molar-refractivity contribution in [3.63, 3.8) is 0 Å². The highest BCUT2D eigenvalue weighted by atomic mass is 79.9. The Morgan fingerprint density at radius 1 is 0.605 bits per heavy atom. The van der Waals surface area contributed by atoms with Gasteiger partial charge in [-0.05, 0) is 81.4 Å². The molecule has 0 N–H and O–H groups in total. The summed E-state index contributed by atoms with van der Waals surface area (Å²) in [7, 11) is 0. The first-order valence-corrected chi connectivity index (χ1v) is 12.3. The summed E-state index contributed by atoms with van der Waals surface area (Å²) in [4.78, 5) is 34.3. The first kappa shape index (κ1) is 28.0. The first-order chi connectivity index (χ1) is 18.2. The van der Waals surface area contributed by atoms with Gasteiger partial charge in [-0.25, -0.2) is 4.68 Å². The predicted octanol–water partition coefficient (Wildman–Crippen LogP) is 5.59. The van der Waals surface area contributed by atoms with Gasteiger partial charge >= 0.3 is 0 Å². The molecule has 0 bridgehead atoms. The Labute approximate surface area is 228 Å². The van der Waals surface area contributed by atoms with Crippen LogP contribution in [-0.4, -0.2) is 47.3 Å². The summed E-state index contributed by atoms with van der Waals surface area (Å²) in [5.41, 5.74) is 3.89. The maximum absolute atomic E-state index is 11.0. The molecule has 0 aliphatic heterocycles. The lowest BCUT2D eigenvalue weighted by Crippen LogP contribution is -1.99. The zero-order valence-electron chi connectivity index (χ0n) is 21.0. The van der Waals surface area contributed by atoms with Gasteiger partial charge in [-0.15, -0.1) is 5.10 Å². The van der Waals surface area contributed by atoms with Gasteiger partial charge in [0.25, 0.3) is 0 Å². The number of halogens is 1. The zero-order valence-corrected chi connectivity index (χ0v) is 22.6. The number of hydrogen-bond acceptors (Lipinski definition) is 7. The number of carbonyl (C=O) groups is 3. The minimum Gasteiger partial charge on any atom is -0.295 e. The van der Waals surface area contributed by atoms with E-state index in [9.17, 15) is 14.4 Å². The predicted molar refractivity (Wildman–Crippen MR) is 147 cm³/mol. The van der Waals surface area contributed by atoms with E-state index in [4.69, 9.17) is 0 Å². The van der Waals surface area contributed by atoms with Crippen LogP contribution in [0.1, 0.15) is 51.8 Å². The molecule has 3 aromatic carbocycles. The molecule has 0 aliphatic carbocycles. The molecule has 5 aromatic rings. The van der Waals surface area contributed by atoms with Gasteiger partial charge in [-0.3, -0.25) is 14.4 Å². The molecule has 0 saturated heterocycles. The molecule has 0 saturated carbocycles. The van der Waals surface area contributed by atoms with E-state index < -0.39 is 0 Å². The van der Waals surface area contributed by atoms with Crippen molar-refractivity contribution < 1.29 is 14.4 Å². The molecule has 10 heteroatoms. The van der Waals surface area contributed by atoms with Crippen molar-refractivity contribution in [2.45, 2.75) is 20.8 Å². The highest BCUT2D eigenvalue weighted by Gasteiger charge is 2.01. The summed E-state index contributed by atoms with van der Waals surface area (Å²) in [6, 6.07) is 21.7. The molecule has 0 aliphatic rings. The van der Waals surface area contributed by atoms with Crippen LogP contribution in [0.5, 0.6) is 0 Å². The Morgan fingerprint density at radius 2 is 1.03 bits per heavy atom. The van der Waals surface area contributed by atoms with Gasteiger partial charge in [-0.1, -0.05) is 33.3 Å². The van der Waals surface area contributed by atoms with Gasteiger partial charge in [0, 0.05) is 21.2 Å². The Morgan fingerprint density at radius 3 is 1.42 bits per heavy atom. The molecule has 0 radical (unpaired) electrons. The van der Waals surface area contributed by atoms with E-state index in [0.29, 0.717) is 11.1 Å². The molecule has 0 unspecified atom stereocenters. The molecule has 9 nitrogen and oxygen atoms in total. The average Bonchev–Trinajstić information content (AvgIpc) is 3.65. The van der Waals surface area contributed by atoms with Crippen LogP contribution in [-0.2, 0) is 0 Å². The fraction of sp³-hybridized carbons (Fsp3) is 0.107. The Balaban J connectivity index is 0.000000161. The maximum Gasteiger partial charge on any atom is 0.159 e. The normalized spacial score (nSPS) is 9.89. The Hall–Kier alpha value is -4.57. The number of aromatic nitrogens is 6. The number of nitrogens with zero attached hydrogens (tertiary/aromatic N) is 6. The van der Waals surface area contributed by atoms with E-state index in [1.807, 2.05) is 36.4 Å². The maximum atomic E-state index is 11.0. The van der Waals surface area contributed by atoms with Gasteiger partial charge in [0.05, 0.1) is 36.2 Å². The van der Waals surface area contributed by atoms with Crippen molar-refractivity contribution in [1.82, 2.24) is 30.0 Å². The summed E-state index contributed by atoms with van der Waals surface area (Å²) >= 11 is 3.28. The van der Waals surface area contributed by atoms with Crippen molar-refractivity contribution in [3.8, 4) is 11.4 Å². The fourth-order valence-corrected chi connectivity index (χ4v) is 3.32. The molecular weight excluding hydrogens is 548 g/mol. The monoisotopic (exact) mass is 572 g/mol. The van der Waals surface area contributed by atoms with Crippen LogP contribution in [0.15, 0.2) is 102 Å². The van der Waals surface area contributed by atoms with E-state index in [1.54, 1.807) is 86.6 Å². The molecule has 192 valence electrons. The van der Waals surface area contributed by atoms with Crippen LogP contribution in [0.4, 0.5) is 0 Å². The largest absolute Gasteiger partial charge is 0.295 e. The standard InChI is InChI=1S/2C10H9N3O.C8H7BrO/c1-8(14)9-2-4-10(5-3-9)13-7-6-11-12-13;1-8(14)9-2-4-10(5-3-9)13-11-6-7-12-13;1-6(10)7-2-4-8(9)5-3-7/h2*2-7H,1H3;2-5H,1H3. The van der Waals surface area contributed by atoms with Crippen molar-refractivity contribution in [1.29, 1.82) is 0 Å². The highest BCUT2D eigenvalue weighted by molar-refractivity contribution is 9.10. The smallest absolute Gasteiger partial charge is 0.159 e. The third kappa shape index (κ3) is 8.24. The summed E-state index contributed by atoms with van der Waals surface area (Å²) in [6.45, 7) is 4.65. The minimum atomic E-state index is 0.0602. The molecule has 2 heterocycles. The topological polar surface area (TPSA) is 113 Å². The van der Waals surface area contributed by atoms with Crippen molar-refractivity contribution in [2.24, 2.45) is 0 Å². The summed E-state index contributed by atoms with van der Waals surface area (Å²) in [5.74, 6) is 0.229. The fourth-order valence-electron chi connectivity index (χ4n) is 3.06. The van der Waals surface area contributed by atoms with E-state index in [2.05, 4.69) is 36.4 Å². The van der Waals surface area contributed by atoms with Crippen LogP contribution in [0.25, 0.3) is 11.4 Å². The Kier molecular flexibility index (Phi) is 10.1. The second-order valence-corrected chi connectivity index (χ2v) is 8.85. The molecule has 0 spiro atoms. The lowest BCUT2D eigenvalue weighted by molar-refractivity contribution is 0.100. The summed E-state index contributed by atoms with van der Waals surface area (Å²) in [6.07, 6.45) is 6.58. The van der Waals surface area contributed by atoms with Crippen LogP contribution < -0.4 is 0 Å². The molecule has 38 heavy (non-hydrogen) atoms. The van der Waals surface area contributed by atoms with E-state index in [0.717, 1.165) is 21.4 Å². The number of carbonyl (C=O) groups excluding carboxylic acids is 3. The van der Waals surface area contributed by atoms with Gasteiger partial charge in [-0.2, -0.15) is 15.0 Å². The van der Waals surface area contributed by atoms with Gasteiger partial charge in [0.15, 0.2) is 17.3 Å². The van der Waals surface area contributed by atoms with E-state index >= 15 is 0 Å². The number of hydrogen-bond donors (Lipinski definition) is 0. The lowest BCUT2D eigenvalue weighted by Gasteiger charge is -2.00. The molecule has 5 rings (SSSR count). The van der Waals surface area contributed by atoms with Crippen molar-refractivity contribution >= 4 is 33.3 Å². The summed E-state index contributed by atoms with van der Waals surface area (Å²) in [5, 5.41) is 15.5. The zero-order chi connectivity index (χ0) is 27.5.